The first-order valence-electron chi connectivity index (χ1n) is 8.16. The Morgan fingerprint density at radius 3 is 2.83 bits per heavy atom. The van der Waals surface area contributed by atoms with Gasteiger partial charge in [0.2, 0.25) is 0 Å². The van der Waals surface area contributed by atoms with E-state index >= 15 is 0 Å². The van der Waals surface area contributed by atoms with Gasteiger partial charge in [0.15, 0.2) is 17.0 Å². The average molecular weight is 337 g/mol. The highest BCUT2D eigenvalue weighted by atomic mass is 16.5. The van der Waals surface area contributed by atoms with Gasteiger partial charge in [0, 0.05) is 13.2 Å². The fourth-order valence-corrected chi connectivity index (χ4v) is 2.69. The zero-order chi connectivity index (χ0) is 16.9. The van der Waals surface area contributed by atoms with Crippen LogP contribution in [0, 0.1) is 0 Å². The maximum absolute atomic E-state index is 6.02. The summed E-state index contributed by atoms with van der Waals surface area (Å²) in [6.45, 7) is 4.08. The highest BCUT2D eigenvalue weighted by molar-refractivity contribution is 5.83. The van der Waals surface area contributed by atoms with Gasteiger partial charge in [-0.15, -0.1) is 0 Å². The molecule has 1 fully saturated rings. The molecule has 3 heterocycles. The van der Waals surface area contributed by atoms with E-state index in [4.69, 9.17) is 24.7 Å². The number of anilines is 1. The number of rotatable bonds is 7. The van der Waals surface area contributed by atoms with Crippen LogP contribution in [0.25, 0.3) is 11.2 Å². The quantitative estimate of drug-likeness (QED) is 0.758. The number of imidazole rings is 1. The van der Waals surface area contributed by atoms with Crippen LogP contribution in [0.3, 0.4) is 0 Å². The summed E-state index contributed by atoms with van der Waals surface area (Å²) in [5.74, 6) is 0.249. The molecule has 3 rings (SSSR count). The van der Waals surface area contributed by atoms with Crippen molar-refractivity contribution in [1.29, 1.82) is 0 Å². The van der Waals surface area contributed by atoms with Crippen molar-refractivity contribution in [3.05, 3.63) is 0 Å². The SMILES string of the molecule is CCOCCOc1nc(N)c2nc(OC)n(C3CCCCO3)c2n1. The van der Waals surface area contributed by atoms with Crippen LogP contribution in [0.4, 0.5) is 5.82 Å². The van der Waals surface area contributed by atoms with Crippen LogP contribution in [-0.4, -0.2) is 53.1 Å². The molecule has 9 nitrogen and oxygen atoms in total. The normalized spacial score (nSPS) is 18.0. The number of hydrogen-bond donors (Lipinski definition) is 1. The molecule has 2 aromatic rings. The number of aromatic nitrogens is 4. The number of ether oxygens (including phenoxy) is 4. The minimum atomic E-state index is -0.177. The monoisotopic (exact) mass is 337 g/mol. The lowest BCUT2D eigenvalue weighted by atomic mass is 10.2. The second kappa shape index (κ2) is 7.63. The van der Waals surface area contributed by atoms with Crippen molar-refractivity contribution < 1.29 is 18.9 Å². The predicted molar refractivity (Wildman–Crippen MR) is 87.1 cm³/mol. The molecule has 2 aromatic heterocycles. The minimum absolute atomic E-state index is 0.177. The minimum Gasteiger partial charge on any atom is -0.468 e. The largest absolute Gasteiger partial charge is 0.468 e. The second-order valence-corrected chi connectivity index (χ2v) is 5.40. The summed E-state index contributed by atoms with van der Waals surface area (Å²) in [4.78, 5) is 13.0. The van der Waals surface area contributed by atoms with Crippen molar-refractivity contribution in [3.63, 3.8) is 0 Å². The first kappa shape index (κ1) is 16.7. The van der Waals surface area contributed by atoms with E-state index in [-0.39, 0.29) is 18.1 Å². The summed E-state index contributed by atoms with van der Waals surface area (Å²) in [5, 5.41) is 0. The van der Waals surface area contributed by atoms with Crippen LogP contribution in [0.1, 0.15) is 32.4 Å². The Bertz CT molecular complexity index is 684. The number of methoxy groups -OCH3 is 1. The maximum Gasteiger partial charge on any atom is 0.320 e. The zero-order valence-corrected chi connectivity index (χ0v) is 14.0. The summed E-state index contributed by atoms with van der Waals surface area (Å²) >= 11 is 0. The molecule has 1 saturated heterocycles. The highest BCUT2D eigenvalue weighted by Crippen LogP contribution is 2.33. The molecule has 24 heavy (non-hydrogen) atoms. The van der Waals surface area contributed by atoms with Crippen LogP contribution in [0.2, 0.25) is 0 Å². The molecule has 0 amide bonds. The lowest BCUT2D eigenvalue weighted by molar-refractivity contribution is -0.0334. The molecular formula is C15H23N5O4. The molecule has 0 aliphatic carbocycles. The molecule has 1 atom stereocenters. The Labute approximate surface area is 140 Å². The molecular weight excluding hydrogens is 314 g/mol. The molecule has 0 radical (unpaired) electrons. The van der Waals surface area contributed by atoms with Gasteiger partial charge in [0.1, 0.15) is 12.8 Å². The molecule has 9 heteroatoms. The zero-order valence-electron chi connectivity index (χ0n) is 14.0. The molecule has 0 spiro atoms. The summed E-state index contributed by atoms with van der Waals surface area (Å²) in [7, 11) is 1.56. The Balaban J connectivity index is 1.93. The van der Waals surface area contributed by atoms with Crippen LogP contribution in [0.15, 0.2) is 0 Å². The van der Waals surface area contributed by atoms with Gasteiger partial charge in [-0.2, -0.15) is 15.0 Å². The summed E-state index contributed by atoms with van der Waals surface area (Å²) in [6.07, 6.45) is 2.82. The van der Waals surface area contributed by atoms with E-state index in [0.717, 1.165) is 19.3 Å². The van der Waals surface area contributed by atoms with E-state index in [1.807, 2.05) is 11.5 Å². The number of nitrogens with two attached hydrogens (primary N) is 1. The number of hydrogen-bond acceptors (Lipinski definition) is 8. The van der Waals surface area contributed by atoms with E-state index in [0.29, 0.717) is 43.6 Å². The number of nitrogen functional groups attached to an aromatic ring is 1. The third-order valence-corrected chi connectivity index (χ3v) is 3.80. The second-order valence-electron chi connectivity index (χ2n) is 5.40. The molecule has 2 N–H and O–H groups in total. The third kappa shape index (κ3) is 3.36. The van der Waals surface area contributed by atoms with Gasteiger partial charge in [-0.05, 0) is 26.2 Å². The third-order valence-electron chi connectivity index (χ3n) is 3.80. The Hall–Kier alpha value is -2.13. The standard InChI is InChI=1S/C15H23N5O4/c1-3-22-8-9-24-14-18-12(16)11-13(19-14)20(15(17-11)21-2)10-6-4-5-7-23-10/h10H,3-9H2,1-2H3,(H2,16,18,19). The van der Waals surface area contributed by atoms with Crippen molar-refractivity contribution in [2.45, 2.75) is 32.4 Å². The van der Waals surface area contributed by atoms with Gasteiger partial charge in [-0.1, -0.05) is 0 Å². The first-order valence-corrected chi connectivity index (χ1v) is 8.16. The van der Waals surface area contributed by atoms with Crippen molar-refractivity contribution in [2.24, 2.45) is 0 Å². The fraction of sp³-hybridized carbons (Fsp3) is 0.667. The highest BCUT2D eigenvalue weighted by Gasteiger charge is 2.25. The Morgan fingerprint density at radius 2 is 2.12 bits per heavy atom. The molecule has 0 aromatic carbocycles. The van der Waals surface area contributed by atoms with E-state index in [9.17, 15) is 0 Å². The fourth-order valence-electron chi connectivity index (χ4n) is 2.69. The van der Waals surface area contributed by atoms with Gasteiger partial charge in [-0.25, -0.2) is 0 Å². The van der Waals surface area contributed by atoms with Gasteiger partial charge < -0.3 is 24.7 Å². The van der Waals surface area contributed by atoms with E-state index in [1.165, 1.54) is 0 Å². The maximum atomic E-state index is 6.02. The average Bonchev–Trinajstić information content (AvgIpc) is 2.98. The predicted octanol–water partition coefficient (Wildman–Crippen LogP) is 1.53. The topological polar surface area (TPSA) is 107 Å². The van der Waals surface area contributed by atoms with Crippen molar-refractivity contribution >= 4 is 17.0 Å². The summed E-state index contributed by atoms with van der Waals surface area (Å²) in [5.41, 5.74) is 7.06. The smallest absolute Gasteiger partial charge is 0.320 e. The Kier molecular flexibility index (Phi) is 5.31. The van der Waals surface area contributed by atoms with Crippen LogP contribution < -0.4 is 15.2 Å². The number of nitrogens with zero attached hydrogens (tertiary/aromatic N) is 4. The molecule has 132 valence electrons. The van der Waals surface area contributed by atoms with E-state index in [1.54, 1.807) is 7.11 Å². The molecule has 1 aliphatic heterocycles. The summed E-state index contributed by atoms with van der Waals surface area (Å²) < 4.78 is 23.8. The first-order chi connectivity index (χ1) is 11.7. The molecule has 0 saturated carbocycles. The van der Waals surface area contributed by atoms with Gasteiger partial charge in [0.05, 0.1) is 13.7 Å². The lowest BCUT2D eigenvalue weighted by Gasteiger charge is -2.24. The van der Waals surface area contributed by atoms with Crippen molar-refractivity contribution in [1.82, 2.24) is 19.5 Å². The van der Waals surface area contributed by atoms with E-state index < -0.39 is 0 Å². The van der Waals surface area contributed by atoms with E-state index in [2.05, 4.69) is 15.0 Å². The van der Waals surface area contributed by atoms with Gasteiger partial charge in [-0.3, -0.25) is 4.57 Å². The molecule has 1 aliphatic rings. The van der Waals surface area contributed by atoms with Crippen molar-refractivity contribution in [3.8, 4) is 12.0 Å². The van der Waals surface area contributed by atoms with Crippen LogP contribution >= 0.6 is 0 Å². The van der Waals surface area contributed by atoms with Gasteiger partial charge in [0.25, 0.3) is 0 Å². The molecule has 0 bridgehead atoms. The Morgan fingerprint density at radius 1 is 1.25 bits per heavy atom. The van der Waals surface area contributed by atoms with Crippen molar-refractivity contribution in [2.75, 3.05) is 39.3 Å². The van der Waals surface area contributed by atoms with Crippen LogP contribution in [0.5, 0.6) is 12.0 Å². The molecule has 1 unspecified atom stereocenters. The van der Waals surface area contributed by atoms with Crippen LogP contribution in [-0.2, 0) is 9.47 Å². The lowest BCUT2D eigenvalue weighted by Crippen LogP contribution is -2.19. The van der Waals surface area contributed by atoms with Gasteiger partial charge >= 0.3 is 12.0 Å². The number of fused-ring (bicyclic) bond motifs is 1. The summed E-state index contributed by atoms with van der Waals surface area (Å²) in [6, 6.07) is 0.601.